The topological polar surface area (TPSA) is 46.9 Å². The van der Waals surface area contributed by atoms with Crippen LogP contribution in [0.3, 0.4) is 0 Å². The number of halogens is 1. The molecule has 0 aliphatic carbocycles. The fourth-order valence-electron chi connectivity index (χ4n) is 1.99. The van der Waals surface area contributed by atoms with Gasteiger partial charge in [0, 0.05) is 17.3 Å². The molecule has 106 valence electrons. The standard InChI is InChI=1S/C15H12BrN3OS/c16-14-7-6-11(21-14)10-17-15(20)12-4-1-2-5-13(12)19-9-3-8-18-19/h1-9H,10H2,(H,17,20). The average molecular weight is 362 g/mol. The van der Waals surface area contributed by atoms with Gasteiger partial charge in [0.25, 0.3) is 5.91 Å². The van der Waals surface area contributed by atoms with Gasteiger partial charge in [-0.2, -0.15) is 5.10 Å². The summed E-state index contributed by atoms with van der Waals surface area (Å²) in [5, 5.41) is 7.12. The van der Waals surface area contributed by atoms with Gasteiger partial charge in [-0.15, -0.1) is 11.3 Å². The van der Waals surface area contributed by atoms with Gasteiger partial charge >= 0.3 is 0 Å². The number of thiophene rings is 1. The van der Waals surface area contributed by atoms with Gasteiger partial charge in [-0.1, -0.05) is 12.1 Å². The van der Waals surface area contributed by atoms with E-state index in [4.69, 9.17) is 0 Å². The maximum Gasteiger partial charge on any atom is 0.253 e. The molecule has 0 aliphatic rings. The van der Waals surface area contributed by atoms with Crippen LogP contribution in [-0.2, 0) is 6.54 Å². The van der Waals surface area contributed by atoms with Gasteiger partial charge in [0.1, 0.15) is 0 Å². The number of carbonyl (C=O) groups is 1. The Morgan fingerprint density at radius 1 is 1.24 bits per heavy atom. The van der Waals surface area contributed by atoms with Crippen molar-refractivity contribution >= 4 is 33.2 Å². The first-order valence-electron chi connectivity index (χ1n) is 6.35. The summed E-state index contributed by atoms with van der Waals surface area (Å²) in [6.45, 7) is 0.516. The van der Waals surface area contributed by atoms with E-state index in [1.54, 1.807) is 28.3 Å². The first-order valence-corrected chi connectivity index (χ1v) is 7.96. The zero-order valence-electron chi connectivity index (χ0n) is 11.0. The number of amides is 1. The predicted molar refractivity (Wildman–Crippen MR) is 86.8 cm³/mol. The molecule has 0 spiro atoms. The Hall–Kier alpha value is -1.92. The van der Waals surface area contributed by atoms with E-state index in [1.807, 2.05) is 42.6 Å². The monoisotopic (exact) mass is 361 g/mol. The third-order valence-corrected chi connectivity index (χ3v) is 4.58. The van der Waals surface area contributed by atoms with Crippen molar-refractivity contribution in [3.8, 4) is 5.69 Å². The Balaban J connectivity index is 1.79. The molecule has 0 saturated carbocycles. The third kappa shape index (κ3) is 3.22. The van der Waals surface area contributed by atoms with Crippen molar-refractivity contribution in [1.29, 1.82) is 0 Å². The summed E-state index contributed by atoms with van der Waals surface area (Å²) < 4.78 is 2.75. The summed E-state index contributed by atoms with van der Waals surface area (Å²) in [6.07, 6.45) is 3.51. The lowest BCUT2D eigenvalue weighted by Gasteiger charge is -2.09. The molecule has 3 aromatic rings. The van der Waals surface area contributed by atoms with Crippen LogP contribution in [0, 0.1) is 0 Å². The van der Waals surface area contributed by atoms with Crippen LogP contribution in [0.1, 0.15) is 15.2 Å². The van der Waals surface area contributed by atoms with Gasteiger partial charge in [-0.05, 0) is 46.3 Å². The SMILES string of the molecule is O=C(NCc1ccc(Br)s1)c1ccccc1-n1cccn1. The average Bonchev–Trinajstić information content (AvgIpc) is 3.16. The Labute approximate surface area is 134 Å². The normalized spacial score (nSPS) is 10.5. The minimum Gasteiger partial charge on any atom is -0.347 e. The fraction of sp³-hybridized carbons (Fsp3) is 0.0667. The second-order valence-electron chi connectivity index (χ2n) is 4.36. The van der Waals surface area contributed by atoms with E-state index in [0.29, 0.717) is 12.1 Å². The first kappa shape index (κ1) is 14.0. The molecule has 21 heavy (non-hydrogen) atoms. The molecule has 0 radical (unpaired) electrons. The Morgan fingerprint density at radius 3 is 2.81 bits per heavy atom. The number of nitrogens with one attached hydrogen (secondary N) is 1. The smallest absolute Gasteiger partial charge is 0.253 e. The molecule has 2 heterocycles. The molecule has 0 atom stereocenters. The summed E-state index contributed by atoms with van der Waals surface area (Å²) in [5.74, 6) is -0.106. The molecule has 1 aromatic carbocycles. The highest BCUT2D eigenvalue weighted by Crippen LogP contribution is 2.22. The number of aromatic nitrogens is 2. The van der Waals surface area contributed by atoms with Crippen LogP contribution in [0.4, 0.5) is 0 Å². The van der Waals surface area contributed by atoms with E-state index in [1.165, 1.54) is 0 Å². The maximum atomic E-state index is 12.4. The Morgan fingerprint density at radius 2 is 2.10 bits per heavy atom. The molecule has 1 N–H and O–H groups in total. The number of rotatable bonds is 4. The number of benzene rings is 1. The molecular formula is C15H12BrN3OS. The van der Waals surface area contributed by atoms with Gasteiger partial charge in [-0.3, -0.25) is 4.79 Å². The molecule has 6 heteroatoms. The van der Waals surface area contributed by atoms with Crippen molar-refractivity contribution in [2.45, 2.75) is 6.54 Å². The Kier molecular flexibility index (Phi) is 4.17. The summed E-state index contributed by atoms with van der Waals surface area (Å²) >= 11 is 5.03. The van der Waals surface area contributed by atoms with Gasteiger partial charge in [0.2, 0.25) is 0 Å². The lowest BCUT2D eigenvalue weighted by molar-refractivity contribution is 0.0951. The third-order valence-electron chi connectivity index (χ3n) is 2.95. The molecule has 0 unspecified atom stereocenters. The molecule has 0 aliphatic heterocycles. The van der Waals surface area contributed by atoms with Gasteiger partial charge in [-0.25, -0.2) is 4.68 Å². The molecule has 3 rings (SSSR count). The maximum absolute atomic E-state index is 12.4. The fourth-order valence-corrected chi connectivity index (χ4v) is 3.41. The van der Waals surface area contributed by atoms with Crippen LogP contribution in [0.5, 0.6) is 0 Å². The van der Waals surface area contributed by atoms with E-state index in [0.717, 1.165) is 14.4 Å². The van der Waals surface area contributed by atoms with Gasteiger partial charge in [0.05, 0.1) is 21.6 Å². The highest BCUT2D eigenvalue weighted by molar-refractivity contribution is 9.11. The number of carbonyl (C=O) groups excluding carboxylic acids is 1. The molecule has 0 saturated heterocycles. The second-order valence-corrected chi connectivity index (χ2v) is 6.90. The Bertz CT molecular complexity index is 752. The number of hydrogen-bond donors (Lipinski definition) is 1. The largest absolute Gasteiger partial charge is 0.347 e. The van der Waals surface area contributed by atoms with Crippen LogP contribution in [0.15, 0.2) is 58.6 Å². The minimum atomic E-state index is -0.106. The van der Waals surface area contributed by atoms with E-state index >= 15 is 0 Å². The number of hydrogen-bond acceptors (Lipinski definition) is 3. The first-order chi connectivity index (χ1) is 10.2. The van der Waals surface area contributed by atoms with Crippen molar-refractivity contribution in [2.75, 3.05) is 0 Å². The van der Waals surface area contributed by atoms with Crippen molar-refractivity contribution < 1.29 is 4.79 Å². The van der Waals surface area contributed by atoms with Crippen LogP contribution >= 0.6 is 27.3 Å². The van der Waals surface area contributed by atoms with Gasteiger partial charge < -0.3 is 5.32 Å². The molecule has 2 aromatic heterocycles. The second kappa shape index (κ2) is 6.24. The molecular weight excluding hydrogens is 350 g/mol. The van der Waals surface area contributed by atoms with E-state index in [9.17, 15) is 4.79 Å². The molecule has 4 nitrogen and oxygen atoms in total. The van der Waals surface area contributed by atoms with E-state index in [2.05, 4.69) is 26.3 Å². The van der Waals surface area contributed by atoms with Crippen molar-refractivity contribution in [2.24, 2.45) is 0 Å². The molecule has 0 bridgehead atoms. The lowest BCUT2D eigenvalue weighted by Crippen LogP contribution is -2.23. The summed E-state index contributed by atoms with van der Waals surface area (Å²) in [5.41, 5.74) is 1.38. The summed E-state index contributed by atoms with van der Waals surface area (Å²) in [4.78, 5) is 13.5. The number of para-hydroxylation sites is 1. The van der Waals surface area contributed by atoms with E-state index in [-0.39, 0.29) is 5.91 Å². The predicted octanol–water partition coefficient (Wildman–Crippen LogP) is 3.63. The van der Waals surface area contributed by atoms with Crippen molar-refractivity contribution in [3.63, 3.8) is 0 Å². The van der Waals surface area contributed by atoms with Crippen molar-refractivity contribution in [1.82, 2.24) is 15.1 Å². The summed E-state index contributed by atoms with van der Waals surface area (Å²) in [7, 11) is 0. The van der Waals surface area contributed by atoms with Crippen LogP contribution in [0.25, 0.3) is 5.69 Å². The minimum absolute atomic E-state index is 0.106. The van der Waals surface area contributed by atoms with Crippen molar-refractivity contribution in [3.05, 3.63) is 69.1 Å². The number of nitrogens with zero attached hydrogens (tertiary/aromatic N) is 2. The molecule has 0 fully saturated rings. The van der Waals surface area contributed by atoms with E-state index < -0.39 is 0 Å². The zero-order chi connectivity index (χ0) is 14.7. The lowest BCUT2D eigenvalue weighted by atomic mass is 10.1. The quantitative estimate of drug-likeness (QED) is 0.771. The summed E-state index contributed by atoms with van der Waals surface area (Å²) in [6, 6.07) is 13.2. The van der Waals surface area contributed by atoms with Crippen LogP contribution in [0.2, 0.25) is 0 Å². The van der Waals surface area contributed by atoms with Crippen LogP contribution < -0.4 is 5.32 Å². The van der Waals surface area contributed by atoms with Crippen LogP contribution in [-0.4, -0.2) is 15.7 Å². The van der Waals surface area contributed by atoms with Gasteiger partial charge in [0.15, 0.2) is 0 Å². The zero-order valence-corrected chi connectivity index (χ0v) is 13.4. The highest BCUT2D eigenvalue weighted by atomic mass is 79.9. The molecule has 1 amide bonds. The highest BCUT2D eigenvalue weighted by Gasteiger charge is 2.12.